The highest BCUT2D eigenvalue weighted by atomic mass is 16.5. The zero-order valence-corrected chi connectivity index (χ0v) is 9.29. The van der Waals surface area contributed by atoms with E-state index in [1.54, 1.807) is 13.8 Å². The maximum absolute atomic E-state index is 11.4. The smallest absolute Gasteiger partial charge is 0.316 e. The summed E-state index contributed by atoms with van der Waals surface area (Å²) in [5, 5.41) is 0. The van der Waals surface area contributed by atoms with Crippen molar-refractivity contribution in [2.45, 2.75) is 34.1 Å². The Morgan fingerprint density at radius 1 is 1.36 bits per heavy atom. The molecule has 0 aromatic carbocycles. The first kappa shape index (κ1) is 12.9. The molecule has 1 atom stereocenters. The van der Waals surface area contributed by atoms with E-state index < -0.39 is 11.9 Å². The molecule has 0 bridgehead atoms. The molecule has 0 heterocycles. The Bertz CT molecular complexity index is 237. The molecule has 0 aliphatic rings. The van der Waals surface area contributed by atoms with E-state index in [9.17, 15) is 9.59 Å². The zero-order valence-electron chi connectivity index (χ0n) is 9.29. The summed E-state index contributed by atoms with van der Waals surface area (Å²) in [6, 6.07) is 0. The summed E-state index contributed by atoms with van der Waals surface area (Å²) in [6.45, 7) is 7.47. The van der Waals surface area contributed by atoms with Crippen LogP contribution in [-0.2, 0) is 14.3 Å². The standard InChI is InChI=1S/C11H18O3/c1-5-14-11(13)9(4)10(12)7-6-8(2)3/h6,9H,5,7H2,1-4H3. The second kappa shape index (κ2) is 6.35. The van der Waals surface area contributed by atoms with Crippen molar-refractivity contribution in [1.29, 1.82) is 0 Å². The fraction of sp³-hybridized carbons (Fsp3) is 0.636. The first-order valence-corrected chi connectivity index (χ1v) is 4.81. The number of carbonyl (C=O) groups excluding carboxylic acids is 2. The van der Waals surface area contributed by atoms with Crippen LogP contribution in [0.2, 0.25) is 0 Å². The fourth-order valence-corrected chi connectivity index (χ4v) is 0.880. The Labute approximate surface area is 85.1 Å². The minimum Gasteiger partial charge on any atom is -0.465 e. The summed E-state index contributed by atoms with van der Waals surface area (Å²) in [7, 11) is 0. The zero-order chi connectivity index (χ0) is 11.1. The van der Waals surface area contributed by atoms with Crippen LogP contribution in [0.15, 0.2) is 11.6 Å². The van der Waals surface area contributed by atoms with E-state index in [0.717, 1.165) is 5.57 Å². The predicted molar refractivity (Wildman–Crippen MR) is 54.9 cm³/mol. The van der Waals surface area contributed by atoms with Crippen molar-refractivity contribution in [3.63, 3.8) is 0 Å². The van der Waals surface area contributed by atoms with E-state index in [2.05, 4.69) is 0 Å². The topological polar surface area (TPSA) is 43.4 Å². The molecule has 0 saturated carbocycles. The van der Waals surface area contributed by atoms with Gasteiger partial charge in [0.15, 0.2) is 5.78 Å². The van der Waals surface area contributed by atoms with Crippen molar-refractivity contribution in [2.75, 3.05) is 6.61 Å². The van der Waals surface area contributed by atoms with Gasteiger partial charge in [-0.1, -0.05) is 11.6 Å². The Balaban J connectivity index is 4.12. The monoisotopic (exact) mass is 198 g/mol. The van der Waals surface area contributed by atoms with Crippen LogP contribution >= 0.6 is 0 Å². The van der Waals surface area contributed by atoms with Gasteiger partial charge in [-0.15, -0.1) is 0 Å². The quantitative estimate of drug-likeness (QED) is 0.386. The number of Topliss-reactive ketones (excluding diaryl/α,β-unsaturated/α-hetero) is 1. The minimum atomic E-state index is -0.648. The number of rotatable bonds is 5. The molecule has 0 amide bonds. The van der Waals surface area contributed by atoms with Crippen molar-refractivity contribution in [3.05, 3.63) is 11.6 Å². The van der Waals surface area contributed by atoms with E-state index in [0.29, 0.717) is 13.0 Å². The van der Waals surface area contributed by atoms with Gasteiger partial charge in [0.05, 0.1) is 6.61 Å². The van der Waals surface area contributed by atoms with Crippen molar-refractivity contribution in [3.8, 4) is 0 Å². The molecule has 80 valence electrons. The third-order valence-electron chi connectivity index (χ3n) is 1.83. The van der Waals surface area contributed by atoms with Crippen LogP contribution in [0.25, 0.3) is 0 Å². The Morgan fingerprint density at radius 2 is 1.93 bits per heavy atom. The number of carbonyl (C=O) groups is 2. The lowest BCUT2D eigenvalue weighted by Crippen LogP contribution is -2.22. The maximum Gasteiger partial charge on any atom is 0.316 e. The third kappa shape index (κ3) is 4.80. The molecule has 0 aliphatic heterocycles. The molecule has 0 aliphatic carbocycles. The van der Waals surface area contributed by atoms with Crippen LogP contribution < -0.4 is 0 Å². The molecule has 0 rings (SSSR count). The molecule has 0 aromatic rings. The molecule has 0 fully saturated rings. The van der Waals surface area contributed by atoms with Crippen LogP contribution in [0.3, 0.4) is 0 Å². The van der Waals surface area contributed by atoms with E-state index in [1.807, 2.05) is 19.9 Å². The lowest BCUT2D eigenvalue weighted by molar-refractivity contribution is -0.150. The van der Waals surface area contributed by atoms with E-state index in [-0.39, 0.29) is 5.78 Å². The van der Waals surface area contributed by atoms with Gasteiger partial charge in [0.2, 0.25) is 0 Å². The van der Waals surface area contributed by atoms with Gasteiger partial charge in [-0.3, -0.25) is 9.59 Å². The van der Waals surface area contributed by atoms with Gasteiger partial charge >= 0.3 is 5.97 Å². The summed E-state index contributed by atoms with van der Waals surface area (Å²) in [4.78, 5) is 22.6. The highest BCUT2D eigenvalue weighted by Gasteiger charge is 2.20. The van der Waals surface area contributed by atoms with Crippen molar-refractivity contribution in [2.24, 2.45) is 5.92 Å². The molecule has 3 nitrogen and oxygen atoms in total. The number of ether oxygens (including phenoxy) is 1. The van der Waals surface area contributed by atoms with Gasteiger partial charge in [-0.05, 0) is 27.7 Å². The number of ketones is 1. The maximum atomic E-state index is 11.4. The van der Waals surface area contributed by atoms with Crippen LogP contribution in [0.5, 0.6) is 0 Å². The summed E-state index contributed by atoms with van der Waals surface area (Å²) in [5.74, 6) is -1.17. The van der Waals surface area contributed by atoms with Gasteiger partial charge in [-0.25, -0.2) is 0 Å². The highest BCUT2D eigenvalue weighted by molar-refractivity contribution is 5.99. The van der Waals surface area contributed by atoms with Crippen LogP contribution in [-0.4, -0.2) is 18.4 Å². The summed E-state index contributed by atoms with van der Waals surface area (Å²) in [6.07, 6.45) is 2.13. The number of esters is 1. The van der Waals surface area contributed by atoms with Crippen molar-refractivity contribution >= 4 is 11.8 Å². The SMILES string of the molecule is CCOC(=O)C(C)C(=O)CC=C(C)C. The highest BCUT2D eigenvalue weighted by Crippen LogP contribution is 2.05. The Hall–Kier alpha value is -1.12. The van der Waals surface area contributed by atoms with Crippen molar-refractivity contribution in [1.82, 2.24) is 0 Å². The number of hydrogen-bond acceptors (Lipinski definition) is 3. The Kier molecular flexibility index (Phi) is 5.84. The Morgan fingerprint density at radius 3 is 2.36 bits per heavy atom. The summed E-state index contributed by atoms with van der Waals surface area (Å²) in [5.41, 5.74) is 1.08. The molecule has 14 heavy (non-hydrogen) atoms. The fourth-order valence-electron chi connectivity index (χ4n) is 0.880. The van der Waals surface area contributed by atoms with Gasteiger partial charge in [0, 0.05) is 6.42 Å². The van der Waals surface area contributed by atoms with Crippen LogP contribution in [0, 0.1) is 5.92 Å². The van der Waals surface area contributed by atoms with Gasteiger partial charge < -0.3 is 4.74 Å². The molecule has 0 saturated heterocycles. The average Bonchev–Trinajstić information content (AvgIpc) is 2.13. The van der Waals surface area contributed by atoms with Crippen LogP contribution in [0.1, 0.15) is 34.1 Å². The van der Waals surface area contributed by atoms with Gasteiger partial charge in [0.1, 0.15) is 5.92 Å². The molecule has 0 spiro atoms. The molecule has 0 N–H and O–H groups in total. The summed E-state index contributed by atoms with van der Waals surface area (Å²) >= 11 is 0. The second-order valence-corrected chi connectivity index (χ2v) is 3.43. The van der Waals surface area contributed by atoms with Crippen LogP contribution in [0.4, 0.5) is 0 Å². The number of allylic oxidation sites excluding steroid dienone is 2. The largest absolute Gasteiger partial charge is 0.465 e. The molecular weight excluding hydrogens is 180 g/mol. The summed E-state index contributed by atoms with van der Waals surface area (Å²) < 4.78 is 4.75. The third-order valence-corrected chi connectivity index (χ3v) is 1.83. The van der Waals surface area contributed by atoms with E-state index in [4.69, 9.17) is 4.74 Å². The molecular formula is C11H18O3. The lowest BCUT2D eigenvalue weighted by Gasteiger charge is -2.07. The van der Waals surface area contributed by atoms with E-state index in [1.165, 1.54) is 0 Å². The molecule has 0 aromatic heterocycles. The molecule has 0 radical (unpaired) electrons. The van der Waals surface area contributed by atoms with Gasteiger partial charge in [0.25, 0.3) is 0 Å². The van der Waals surface area contributed by atoms with Gasteiger partial charge in [-0.2, -0.15) is 0 Å². The van der Waals surface area contributed by atoms with E-state index >= 15 is 0 Å². The average molecular weight is 198 g/mol. The first-order chi connectivity index (χ1) is 6.49. The second-order valence-electron chi connectivity index (χ2n) is 3.43. The minimum absolute atomic E-state index is 0.0929. The lowest BCUT2D eigenvalue weighted by atomic mass is 10.0. The van der Waals surface area contributed by atoms with Crippen molar-refractivity contribution < 1.29 is 14.3 Å². The predicted octanol–water partition coefficient (Wildman–Crippen LogP) is 2.11. The first-order valence-electron chi connectivity index (χ1n) is 4.81. The normalized spacial score (nSPS) is 11.7. The molecule has 1 unspecified atom stereocenters. The molecule has 3 heteroatoms. The number of hydrogen-bond donors (Lipinski definition) is 0.